The third kappa shape index (κ3) is 4.94. The summed E-state index contributed by atoms with van der Waals surface area (Å²) >= 11 is 0. The van der Waals surface area contributed by atoms with E-state index in [1.807, 2.05) is 30.3 Å². The molecule has 0 bridgehead atoms. The van der Waals surface area contributed by atoms with Crippen molar-refractivity contribution >= 4 is 17.7 Å². The van der Waals surface area contributed by atoms with Crippen molar-refractivity contribution in [2.45, 2.75) is 25.3 Å². The first-order chi connectivity index (χ1) is 11.5. The van der Waals surface area contributed by atoms with E-state index < -0.39 is 22.8 Å². The van der Waals surface area contributed by atoms with E-state index in [-0.39, 0.29) is 24.4 Å². The number of carbonyl (C=O) groups excluding carboxylic acids is 1. The predicted molar refractivity (Wildman–Crippen MR) is 85.7 cm³/mol. The average molecular weight is 331 g/mol. The number of rotatable bonds is 8. The number of hydrogen-bond donors (Lipinski definition) is 3. The number of aliphatic carboxylic acids is 1. The smallest absolute Gasteiger partial charge is 0.321 e. The molecule has 1 aromatic carbocycles. The van der Waals surface area contributed by atoms with Gasteiger partial charge in [0.15, 0.2) is 5.69 Å². The first kappa shape index (κ1) is 17.2. The van der Waals surface area contributed by atoms with Gasteiger partial charge in [-0.3, -0.25) is 9.59 Å². The van der Waals surface area contributed by atoms with Gasteiger partial charge in [0.1, 0.15) is 0 Å². The van der Waals surface area contributed by atoms with Crippen molar-refractivity contribution in [3.05, 3.63) is 63.8 Å². The van der Waals surface area contributed by atoms with Crippen molar-refractivity contribution < 1.29 is 19.6 Å². The van der Waals surface area contributed by atoms with Gasteiger partial charge >= 0.3 is 11.8 Å². The van der Waals surface area contributed by atoms with Gasteiger partial charge in [0.05, 0.1) is 0 Å². The van der Waals surface area contributed by atoms with E-state index in [9.17, 15) is 19.7 Å². The van der Waals surface area contributed by atoms with Gasteiger partial charge in [0.2, 0.25) is 0 Å². The molecule has 0 spiro atoms. The SMILES string of the molecule is O=C(O)CCC(Cc1ccccc1)NC(=O)c1ccc([N+](=O)[O-])[nH]1. The molecule has 0 aliphatic rings. The first-order valence-electron chi connectivity index (χ1n) is 7.35. The second-order valence-corrected chi connectivity index (χ2v) is 5.31. The molecule has 126 valence electrons. The zero-order valence-electron chi connectivity index (χ0n) is 12.8. The number of carboxylic acids is 1. The molecule has 0 aliphatic carbocycles. The van der Waals surface area contributed by atoms with Crippen molar-refractivity contribution in [2.24, 2.45) is 0 Å². The van der Waals surface area contributed by atoms with Gasteiger partial charge in [0.25, 0.3) is 5.91 Å². The lowest BCUT2D eigenvalue weighted by atomic mass is 10.0. The maximum absolute atomic E-state index is 12.2. The quantitative estimate of drug-likeness (QED) is 0.504. The van der Waals surface area contributed by atoms with E-state index in [4.69, 9.17) is 5.11 Å². The molecule has 0 saturated heterocycles. The Morgan fingerprint density at radius 2 is 1.92 bits per heavy atom. The number of nitrogens with one attached hydrogen (secondary N) is 2. The first-order valence-corrected chi connectivity index (χ1v) is 7.35. The molecule has 0 aliphatic heterocycles. The summed E-state index contributed by atoms with van der Waals surface area (Å²) in [5.41, 5.74) is 1.03. The molecule has 0 saturated carbocycles. The molecular formula is C16H17N3O5. The molecule has 3 N–H and O–H groups in total. The molecule has 2 aromatic rings. The molecular weight excluding hydrogens is 314 g/mol. The Labute approximate surface area is 137 Å². The van der Waals surface area contributed by atoms with Crippen molar-refractivity contribution in [3.63, 3.8) is 0 Å². The van der Waals surface area contributed by atoms with Crippen LogP contribution in [0.25, 0.3) is 0 Å². The zero-order chi connectivity index (χ0) is 17.5. The van der Waals surface area contributed by atoms with Crippen molar-refractivity contribution in [1.29, 1.82) is 0 Å². The standard InChI is InChI=1S/C16H17N3O5/c20-15(21)9-6-12(10-11-4-2-1-3-5-11)17-16(22)13-7-8-14(18-13)19(23)24/h1-5,7-8,12,18H,6,9-10H2,(H,17,22)(H,20,21). The summed E-state index contributed by atoms with van der Waals surface area (Å²) < 4.78 is 0. The number of carbonyl (C=O) groups is 2. The predicted octanol–water partition coefficient (Wildman–Crippen LogP) is 2.13. The Morgan fingerprint density at radius 3 is 2.50 bits per heavy atom. The summed E-state index contributed by atoms with van der Waals surface area (Å²) in [7, 11) is 0. The van der Waals surface area contributed by atoms with Gasteiger partial charge in [0, 0.05) is 18.5 Å². The largest absolute Gasteiger partial charge is 0.481 e. The summed E-state index contributed by atoms with van der Waals surface area (Å²) in [6.07, 6.45) is 0.657. The van der Waals surface area contributed by atoms with Crippen LogP contribution in [0.3, 0.4) is 0 Å². The molecule has 0 radical (unpaired) electrons. The number of nitro groups is 1. The molecule has 1 atom stereocenters. The monoisotopic (exact) mass is 331 g/mol. The van der Waals surface area contributed by atoms with E-state index in [2.05, 4.69) is 10.3 Å². The Bertz CT molecular complexity index is 726. The number of H-pyrrole nitrogens is 1. The number of benzene rings is 1. The van der Waals surface area contributed by atoms with Crippen molar-refractivity contribution in [3.8, 4) is 0 Å². The van der Waals surface area contributed by atoms with Crippen LogP contribution in [0.5, 0.6) is 0 Å². The molecule has 8 nitrogen and oxygen atoms in total. The lowest BCUT2D eigenvalue weighted by Crippen LogP contribution is -2.37. The summed E-state index contributed by atoms with van der Waals surface area (Å²) in [5.74, 6) is -1.72. The number of hydrogen-bond acceptors (Lipinski definition) is 4. The van der Waals surface area contributed by atoms with Crippen molar-refractivity contribution in [2.75, 3.05) is 0 Å². The Kier molecular flexibility index (Phi) is 5.67. The average Bonchev–Trinajstić information content (AvgIpc) is 3.04. The van der Waals surface area contributed by atoms with Crippen LogP contribution < -0.4 is 5.32 Å². The summed E-state index contributed by atoms with van der Waals surface area (Å²) in [4.78, 5) is 35.5. The number of carboxylic acid groups (broad SMARTS) is 1. The highest BCUT2D eigenvalue weighted by Gasteiger charge is 2.20. The fourth-order valence-corrected chi connectivity index (χ4v) is 2.31. The minimum atomic E-state index is -0.946. The van der Waals surface area contributed by atoms with E-state index in [1.165, 1.54) is 12.1 Å². The molecule has 2 rings (SSSR count). The van der Waals surface area contributed by atoms with E-state index >= 15 is 0 Å². The van der Waals surface area contributed by atoms with Crippen LogP contribution in [0.4, 0.5) is 5.82 Å². The van der Waals surface area contributed by atoms with Gasteiger partial charge in [-0.05, 0) is 29.4 Å². The van der Waals surface area contributed by atoms with Crippen molar-refractivity contribution in [1.82, 2.24) is 10.3 Å². The van der Waals surface area contributed by atoms with Crippen LogP contribution >= 0.6 is 0 Å². The minimum Gasteiger partial charge on any atom is -0.481 e. The second kappa shape index (κ2) is 7.91. The normalized spacial score (nSPS) is 11.7. The van der Waals surface area contributed by atoms with Gasteiger partial charge in [-0.2, -0.15) is 0 Å². The maximum atomic E-state index is 12.2. The van der Waals surface area contributed by atoms with E-state index in [0.717, 1.165) is 5.56 Å². The molecule has 0 fully saturated rings. The zero-order valence-corrected chi connectivity index (χ0v) is 12.8. The van der Waals surface area contributed by atoms with Crippen LogP contribution in [0.1, 0.15) is 28.9 Å². The van der Waals surface area contributed by atoms with Gasteiger partial charge in [-0.1, -0.05) is 30.3 Å². The number of nitrogens with zero attached hydrogens (tertiary/aromatic N) is 1. The van der Waals surface area contributed by atoms with Crippen LogP contribution in [-0.2, 0) is 11.2 Å². The van der Waals surface area contributed by atoms with Crippen LogP contribution in [-0.4, -0.2) is 32.9 Å². The van der Waals surface area contributed by atoms with E-state index in [1.54, 1.807) is 0 Å². The summed E-state index contributed by atoms with van der Waals surface area (Å²) in [6.45, 7) is 0. The third-order valence-corrected chi connectivity index (χ3v) is 3.48. The fourth-order valence-electron chi connectivity index (χ4n) is 2.31. The molecule has 1 aromatic heterocycles. The van der Waals surface area contributed by atoms with Gasteiger partial charge < -0.3 is 20.5 Å². The number of aromatic amines is 1. The summed E-state index contributed by atoms with van der Waals surface area (Å²) in [5, 5.41) is 22.2. The Balaban J connectivity index is 2.06. The Morgan fingerprint density at radius 1 is 1.21 bits per heavy atom. The number of aromatic nitrogens is 1. The topological polar surface area (TPSA) is 125 Å². The lowest BCUT2D eigenvalue weighted by molar-refractivity contribution is -0.389. The van der Waals surface area contributed by atoms with Crippen LogP contribution in [0.2, 0.25) is 0 Å². The third-order valence-electron chi connectivity index (χ3n) is 3.48. The van der Waals surface area contributed by atoms with E-state index in [0.29, 0.717) is 6.42 Å². The Hall–Kier alpha value is -3.16. The fraction of sp³-hybridized carbons (Fsp3) is 0.250. The van der Waals surface area contributed by atoms with Crippen LogP contribution in [0, 0.1) is 10.1 Å². The van der Waals surface area contributed by atoms with Gasteiger partial charge in [-0.15, -0.1) is 0 Å². The highest BCUT2D eigenvalue weighted by molar-refractivity contribution is 5.93. The second-order valence-electron chi connectivity index (χ2n) is 5.31. The molecule has 8 heteroatoms. The highest BCUT2D eigenvalue weighted by atomic mass is 16.6. The molecule has 1 amide bonds. The molecule has 1 heterocycles. The number of amides is 1. The lowest BCUT2D eigenvalue weighted by Gasteiger charge is -2.17. The minimum absolute atomic E-state index is 0.0649. The van der Waals surface area contributed by atoms with Gasteiger partial charge in [-0.25, -0.2) is 4.98 Å². The highest BCUT2D eigenvalue weighted by Crippen LogP contribution is 2.12. The summed E-state index contributed by atoms with van der Waals surface area (Å²) in [6, 6.07) is 11.5. The maximum Gasteiger partial charge on any atom is 0.321 e. The molecule has 24 heavy (non-hydrogen) atoms. The van der Waals surface area contributed by atoms with Crippen LogP contribution in [0.15, 0.2) is 42.5 Å². The molecule has 1 unspecified atom stereocenters.